The fraction of sp³-hybridized carbons (Fsp3) is 0.273. The van der Waals surface area contributed by atoms with Crippen LogP contribution in [0.1, 0.15) is 13.3 Å². The molecule has 0 aliphatic carbocycles. The van der Waals surface area contributed by atoms with Crippen LogP contribution < -0.4 is 16.0 Å². The van der Waals surface area contributed by atoms with Crippen LogP contribution in [-0.4, -0.2) is 11.5 Å². The molecule has 0 unspecified atom stereocenters. The van der Waals surface area contributed by atoms with Gasteiger partial charge in [0.1, 0.15) is 5.69 Å². The zero-order valence-electron chi connectivity index (χ0n) is 9.60. The smallest absolute Gasteiger partial charge is 0.335 e. The Morgan fingerprint density at radius 2 is 2.35 bits per heavy atom. The van der Waals surface area contributed by atoms with Crippen molar-refractivity contribution in [2.24, 2.45) is 5.84 Å². The van der Waals surface area contributed by atoms with Crippen molar-refractivity contribution in [2.45, 2.75) is 13.3 Å². The monoisotopic (exact) mass is 237 g/mol. The number of nitrogens with zero attached hydrogens (tertiary/aromatic N) is 1. The van der Waals surface area contributed by atoms with Gasteiger partial charge >= 0.3 is 5.69 Å². The van der Waals surface area contributed by atoms with Gasteiger partial charge in [-0.1, -0.05) is 11.6 Å². The van der Waals surface area contributed by atoms with Crippen molar-refractivity contribution in [3.63, 3.8) is 0 Å². The molecule has 17 heavy (non-hydrogen) atoms. The number of nitrogen functional groups attached to an aromatic ring is 1. The van der Waals surface area contributed by atoms with Gasteiger partial charge in [0, 0.05) is 6.42 Å². The summed E-state index contributed by atoms with van der Waals surface area (Å²) in [5.41, 5.74) is 3.31. The number of nitrogens with two attached hydrogens (primary N) is 1. The third kappa shape index (κ3) is 3.46. The molecule has 0 saturated carbocycles. The maximum absolute atomic E-state index is 10.9. The highest BCUT2D eigenvalue weighted by molar-refractivity contribution is 5.67. The van der Waals surface area contributed by atoms with E-state index in [4.69, 9.17) is 10.6 Å². The number of hydrogen-bond acceptors (Lipinski definition) is 5. The minimum Gasteiger partial charge on any atom is -0.486 e. The molecule has 0 fully saturated rings. The predicted molar refractivity (Wildman–Crippen MR) is 65.8 cm³/mol. The van der Waals surface area contributed by atoms with Crippen LogP contribution in [0.4, 0.5) is 11.4 Å². The van der Waals surface area contributed by atoms with Gasteiger partial charge in [0.2, 0.25) is 0 Å². The molecule has 0 amide bonds. The zero-order chi connectivity index (χ0) is 12.8. The van der Waals surface area contributed by atoms with Crippen LogP contribution in [0.15, 0.2) is 30.4 Å². The standard InChI is InChI=1S/C11H15N3O3/c1-8(2)6-7-17-10-5-3-4-9(13-12)11(10)14(15)16/h3-5,13H,1,6-7,12H2,2H3. The van der Waals surface area contributed by atoms with Gasteiger partial charge in [-0.2, -0.15) is 0 Å². The van der Waals surface area contributed by atoms with Crippen molar-refractivity contribution < 1.29 is 9.66 Å². The summed E-state index contributed by atoms with van der Waals surface area (Å²) in [4.78, 5) is 10.4. The highest BCUT2D eigenvalue weighted by atomic mass is 16.6. The Bertz CT molecular complexity index is 432. The second-order valence-electron chi connectivity index (χ2n) is 3.61. The summed E-state index contributed by atoms with van der Waals surface area (Å²) in [6.45, 7) is 5.95. The third-order valence-corrected chi connectivity index (χ3v) is 2.12. The van der Waals surface area contributed by atoms with Crippen LogP contribution in [0, 0.1) is 10.1 Å². The molecular formula is C11H15N3O3. The van der Waals surface area contributed by atoms with Gasteiger partial charge in [0.05, 0.1) is 11.5 Å². The quantitative estimate of drug-likeness (QED) is 0.342. The van der Waals surface area contributed by atoms with Gasteiger partial charge in [0.25, 0.3) is 0 Å². The van der Waals surface area contributed by atoms with E-state index >= 15 is 0 Å². The van der Waals surface area contributed by atoms with E-state index in [0.717, 1.165) is 5.57 Å². The molecular weight excluding hydrogens is 222 g/mol. The molecule has 0 bridgehead atoms. The summed E-state index contributed by atoms with van der Waals surface area (Å²) in [5.74, 6) is 5.41. The Labute approximate surface area is 99.2 Å². The summed E-state index contributed by atoms with van der Waals surface area (Å²) in [6, 6.07) is 4.69. The van der Waals surface area contributed by atoms with Crippen LogP contribution in [-0.2, 0) is 0 Å². The average Bonchev–Trinajstić information content (AvgIpc) is 2.27. The van der Waals surface area contributed by atoms with Gasteiger partial charge < -0.3 is 10.2 Å². The Kier molecular flexibility index (Phi) is 4.47. The minimum absolute atomic E-state index is 0.156. The fourth-order valence-corrected chi connectivity index (χ4v) is 1.28. The number of para-hydroxylation sites is 1. The highest BCUT2D eigenvalue weighted by Gasteiger charge is 2.20. The first-order valence-electron chi connectivity index (χ1n) is 5.07. The Morgan fingerprint density at radius 1 is 1.65 bits per heavy atom. The van der Waals surface area contributed by atoms with Crippen molar-refractivity contribution in [1.29, 1.82) is 0 Å². The minimum atomic E-state index is -0.523. The number of nitro groups is 1. The van der Waals surface area contributed by atoms with E-state index in [1.807, 2.05) is 6.92 Å². The number of ether oxygens (including phenoxy) is 1. The molecule has 0 heterocycles. The number of benzene rings is 1. The highest BCUT2D eigenvalue weighted by Crippen LogP contribution is 2.34. The molecule has 0 spiro atoms. The molecule has 6 nitrogen and oxygen atoms in total. The Hall–Kier alpha value is -2.08. The number of hydrazine groups is 1. The van der Waals surface area contributed by atoms with Crippen LogP contribution in [0.3, 0.4) is 0 Å². The van der Waals surface area contributed by atoms with E-state index < -0.39 is 4.92 Å². The summed E-state index contributed by atoms with van der Waals surface area (Å²) < 4.78 is 5.35. The lowest BCUT2D eigenvalue weighted by Gasteiger charge is -2.09. The predicted octanol–water partition coefficient (Wildman–Crippen LogP) is 2.23. The zero-order valence-corrected chi connectivity index (χ0v) is 9.60. The van der Waals surface area contributed by atoms with Gasteiger partial charge in [-0.25, -0.2) is 0 Å². The topological polar surface area (TPSA) is 90.4 Å². The first kappa shape index (κ1) is 13.0. The average molecular weight is 237 g/mol. The summed E-state index contributed by atoms with van der Waals surface area (Å²) in [6.07, 6.45) is 0.650. The second-order valence-corrected chi connectivity index (χ2v) is 3.61. The normalized spacial score (nSPS) is 9.76. The van der Waals surface area contributed by atoms with Gasteiger partial charge in [0.15, 0.2) is 5.75 Å². The van der Waals surface area contributed by atoms with Crippen molar-refractivity contribution in [3.05, 3.63) is 40.5 Å². The van der Waals surface area contributed by atoms with Crippen molar-refractivity contribution >= 4 is 11.4 Å². The Balaban J connectivity index is 2.90. The molecule has 0 aliphatic rings. The lowest BCUT2D eigenvalue weighted by atomic mass is 10.2. The summed E-state index contributed by atoms with van der Waals surface area (Å²) in [7, 11) is 0. The SMILES string of the molecule is C=C(C)CCOc1cccc(NN)c1[N+](=O)[O-]. The fourth-order valence-electron chi connectivity index (χ4n) is 1.28. The van der Waals surface area contributed by atoms with Crippen molar-refractivity contribution in [1.82, 2.24) is 0 Å². The first-order valence-corrected chi connectivity index (χ1v) is 5.07. The molecule has 1 rings (SSSR count). The van der Waals surface area contributed by atoms with E-state index in [0.29, 0.717) is 13.0 Å². The van der Waals surface area contributed by atoms with Crippen molar-refractivity contribution in [2.75, 3.05) is 12.0 Å². The molecule has 0 saturated heterocycles. The second kappa shape index (κ2) is 5.86. The number of anilines is 1. The van der Waals surface area contributed by atoms with E-state index in [1.54, 1.807) is 6.07 Å². The lowest BCUT2D eigenvalue weighted by Crippen LogP contribution is -2.10. The van der Waals surface area contributed by atoms with Crippen LogP contribution >= 0.6 is 0 Å². The molecule has 6 heteroatoms. The number of nitrogens with one attached hydrogen (secondary N) is 1. The number of hydrogen-bond donors (Lipinski definition) is 2. The maximum Gasteiger partial charge on any atom is 0.335 e. The summed E-state index contributed by atoms with van der Waals surface area (Å²) >= 11 is 0. The van der Waals surface area contributed by atoms with Crippen LogP contribution in [0.2, 0.25) is 0 Å². The number of nitro benzene ring substituents is 1. The summed E-state index contributed by atoms with van der Waals surface area (Å²) in [5, 5.41) is 10.9. The van der Waals surface area contributed by atoms with Gasteiger partial charge in [-0.3, -0.25) is 16.0 Å². The van der Waals surface area contributed by atoms with Crippen LogP contribution in [0.25, 0.3) is 0 Å². The molecule has 0 radical (unpaired) electrons. The van der Waals surface area contributed by atoms with E-state index in [9.17, 15) is 10.1 Å². The molecule has 3 N–H and O–H groups in total. The molecule has 0 aromatic heterocycles. The van der Waals surface area contributed by atoms with E-state index in [-0.39, 0.29) is 17.1 Å². The first-order chi connectivity index (χ1) is 8.06. The number of rotatable bonds is 6. The van der Waals surface area contributed by atoms with Crippen LogP contribution in [0.5, 0.6) is 5.75 Å². The molecule has 0 aliphatic heterocycles. The Morgan fingerprint density at radius 3 is 2.88 bits per heavy atom. The van der Waals surface area contributed by atoms with Gasteiger partial charge in [-0.15, -0.1) is 6.58 Å². The van der Waals surface area contributed by atoms with Gasteiger partial charge in [-0.05, 0) is 19.1 Å². The maximum atomic E-state index is 10.9. The van der Waals surface area contributed by atoms with E-state index in [2.05, 4.69) is 12.0 Å². The van der Waals surface area contributed by atoms with Crippen molar-refractivity contribution in [3.8, 4) is 5.75 Å². The van der Waals surface area contributed by atoms with E-state index in [1.165, 1.54) is 12.1 Å². The molecule has 1 aromatic rings. The lowest BCUT2D eigenvalue weighted by molar-refractivity contribution is -0.385. The third-order valence-electron chi connectivity index (χ3n) is 2.12. The molecule has 1 aromatic carbocycles. The molecule has 0 atom stereocenters. The largest absolute Gasteiger partial charge is 0.486 e. The molecule has 92 valence electrons.